The van der Waals surface area contributed by atoms with Crippen molar-refractivity contribution in [3.63, 3.8) is 0 Å². The van der Waals surface area contributed by atoms with E-state index in [9.17, 15) is 8.42 Å². The summed E-state index contributed by atoms with van der Waals surface area (Å²) in [4.78, 5) is 2.40. The van der Waals surface area contributed by atoms with Crippen LogP contribution in [0.1, 0.15) is 12.5 Å². The van der Waals surface area contributed by atoms with E-state index in [1.165, 1.54) is 6.07 Å². The van der Waals surface area contributed by atoms with Crippen molar-refractivity contribution in [2.45, 2.75) is 17.9 Å². The molecule has 1 atom stereocenters. The third-order valence-electron chi connectivity index (χ3n) is 3.45. The lowest BCUT2D eigenvalue weighted by molar-refractivity contribution is 0.217. The van der Waals surface area contributed by atoms with E-state index in [1.807, 2.05) is 6.07 Å². The number of benzene rings is 1. The molecular weight excluding hydrogens is 274 g/mol. The topological polar surface area (TPSA) is 73.2 Å². The van der Waals surface area contributed by atoms with E-state index in [0.717, 1.165) is 19.6 Å². The number of hydrogen-bond acceptors (Lipinski definition) is 5. The first-order chi connectivity index (χ1) is 9.51. The highest BCUT2D eigenvalue weighted by Crippen LogP contribution is 2.13. The molecule has 6 heteroatoms. The third kappa shape index (κ3) is 3.79. The predicted octanol–water partition coefficient (Wildman–Crippen LogP) is 0.626. The van der Waals surface area contributed by atoms with Gasteiger partial charge in [0.25, 0.3) is 0 Å². The van der Waals surface area contributed by atoms with Crippen molar-refractivity contribution in [3.05, 3.63) is 29.8 Å². The van der Waals surface area contributed by atoms with Crippen LogP contribution in [-0.4, -0.2) is 51.3 Å². The van der Waals surface area contributed by atoms with Crippen LogP contribution in [0, 0.1) is 11.3 Å². The lowest BCUT2D eigenvalue weighted by atomic mass is 10.2. The number of hydrogen-bond donors (Lipinski definition) is 1. The average molecular weight is 293 g/mol. The van der Waals surface area contributed by atoms with Gasteiger partial charge in [-0.3, -0.25) is 4.90 Å². The van der Waals surface area contributed by atoms with Gasteiger partial charge in [0, 0.05) is 32.2 Å². The molecule has 20 heavy (non-hydrogen) atoms. The van der Waals surface area contributed by atoms with E-state index in [1.54, 1.807) is 18.2 Å². The second kappa shape index (κ2) is 6.35. The Morgan fingerprint density at radius 2 is 2.30 bits per heavy atom. The summed E-state index contributed by atoms with van der Waals surface area (Å²) in [5, 5.41) is 12.2. The Morgan fingerprint density at radius 3 is 3.00 bits per heavy atom. The van der Waals surface area contributed by atoms with Crippen LogP contribution in [-0.2, 0) is 9.84 Å². The zero-order valence-corrected chi connectivity index (χ0v) is 12.4. The lowest BCUT2D eigenvalue weighted by Crippen LogP contribution is -2.50. The summed E-state index contributed by atoms with van der Waals surface area (Å²) in [5.41, 5.74) is 0.377. The standard InChI is InChI=1S/C14H19N3O2S/c1-12-11-17(6-5-16-12)7-8-20(18,19)14-4-2-3-13(9-14)10-15/h2-4,9,12,16H,5-8,11H2,1H3. The molecule has 1 unspecified atom stereocenters. The molecule has 0 spiro atoms. The highest BCUT2D eigenvalue weighted by molar-refractivity contribution is 7.91. The van der Waals surface area contributed by atoms with Crippen LogP contribution in [0.15, 0.2) is 29.2 Å². The Balaban J connectivity index is 2.02. The number of nitriles is 1. The first-order valence-corrected chi connectivity index (χ1v) is 8.35. The fraction of sp³-hybridized carbons (Fsp3) is 0.500. The van der Waals surface area contributed by atoms with Crippen LogP contribution in [0.5, 0.6) is 0 Å². The zero-order chi connectivity index (χ0) is 14.6. The molecule has 0 aliphatic carbocycles. The number of nitrogens with one attached hydrogen (secondary N) is 1. The summed E-state index contributed by atoms with van der Waals surface area (Å²) in [6.07, 6.45) is 0. The quantitative estimate of drug-likeness (QED) is 0.881. The first kappa shape index (κ1) is 15.0. The minimum absolute atomic E-state index is 0.0919. The Kier molecular flexibility index (Phi) is 4.76. The van der Waals surface area contributed by atoms with Crippen molar-refractivity contribution in [3.8, 4) is 6.07 Å². The fourth-order valence-corrected chi connectivity index (χ4v) is 3.67. The fourth-order valence-electron chi connectivity index (χ4n) is 2.34. The minimum Gasteiger partial charge on any atom is -0.312 e. The second-order valence-electron chi connectivity index (χ2n) is 5.11. The number of rotatable bonds is 4. The number of sulfone groups is 1. The Morgan fingerprint density at radius 1 is 1.50 bits per heavy atom. The lowest BCUT2D eigenvalue weighted by Gasteiger charge is -2.31. The largest absolute Gasteiger partial charge is 0.312 e. The molecule has 108 valence electrons. The maximum atomic E-state index is 12.3. The average Bonchev–Trinajstić information content (AvgIpc) is 2.45. The maximum absolute atomic E-state index is 12.3. The molecule has 2 rings (SSSR count). The smallest absolute Gasteiger partial charge is 0.179 e. The SMILES string of the molecule is CC1CN(CCS(=O)(=O)c2cccc(C#N)c2)CCN1. The zero-order valence-electron chi connectivity index (χ0n) is 11.5. The third-order valence-corrected chi connectivity index (χ3v) is 5.14. The van der Waals surface area contributed by atoms with Crippen molar-refractivity contribution in [1.29, 1.82) is 5.26 Å². The van der Waals surface area contributed by atoms with Gasteiger partial charge in [-0.1, -0.05) is 6.07 Å². The molecule has 1 heterocycles. The Labute approximate surface area is 120 Å². The number of nitrogens with zero attached hydrogens (tertiary/aromatic N) is 2. The molecule has 0 bridgehead atoms. The van der Waals surface area contributed by atoms with Crippen LogP contribution >= 0.6 is 0 Å². The van der Waals surface area contributed by atoms with E-state index in [4.69, 9.17) is 5.26 Å². The van der Waals surface area contributed by atoms with Gasteiger partial charge in [0.1, 0.15) is 0 Å². The summed E-state index contributed by atoms with van der Waals surface area (Å²) < 4.78 is 24.5. The van der Waals surface area contributed by atoms with Crippen molar-refractivity contribution >= 4 is 9.84 Å². The molecule has 1 aliphatic heterocycles. The van der Waals surface area contributed by atoms with Gasteiger partial charge >= 0.3 is 0 Å². The molecule has 1 aliphatic rings. The summed E-state index contributed by atoms with van der Waals surface area (Å²) >= 11 is 0. The molecule has 1 aromatic rings. The molecule has 0 aromatic heterocycles. The van der Waals surface area contributed by atoms with Crippen LogP contribution in [0.4, 0.5) is 0 Å². The van der Waals surface area contributed by atoms with Crippen LogP contribution in [0.25, 0.3) is 0 Å². The molecule has 0 radical (unpaired) electrons. The van der Waals surface area contributed by atoms with Gasteiger partial charge in [-0.2, -0.15) is 5.26 Å². The van der Waals surface area contributed by atoms with Crippen LogP contribution in [0.2, 0.25) is 0 Å². The normalized spacial score (nSPS) is 20.5. The summed E-state index contributed by atoms with van der Waals surface area (Å²) in [6.45, 7) is 5.26. The van der Waals surface area contributed by atoms with Gasteiger partial charge < -0.3 is 5.32 Å². The molecular formula is C14H19N3O2S. The van der Waals surface area contributed by atoms with Gasteiger partial charge in [-0.15, -0.1) is 0 Å². The first-order valence-electron chi connectivity index (χ1n) is 6.70. The van der Waals surface area contributed by atoms with Gasteiger partial charge in [0.05, 0.1) is 22.3 Å². The van der Waals surface area contributed by atoms with Gasteiger partial charge in [0.15, 0.2) is 9.84 Å². The summed E-state index contributed by atoms with van der Waals surface area (Å²) in [6, 6.07) is 8.57. The molecule has 0 saturated carbocycles. The maximum Gasteiger partial charge on any atom is 0.179 e. The van der Waals surface area contributed by atoms with Crippen LogP contribution in [0.3, 0.4) is 0 Å². The molecule has 1 fully saturated rings. The van der Waals surface area contributed by atoms with Crippen LogP contribution < -0.4 is 5.32 Å². The molecule has 5 nitrogen and oxygen atoms in total. The molecule has 1 saturated heterocycles. The van der Waals surface area contributed by atoms with E-state index in [-0.39, 0.29) is 10.6 Å². The Hall–Kier alpha value is -1.42. The van der Waals surface area contributed by atoms with E-state index in [0.29, 0.717) is 18.2 Å². The predicted molar refractivity (Wildman–Crippen MR) is 77.1 cm³/mol. The highest BCUT2D eigenvalue weighted by Gasteiger charge is 2.20. The number of piperazine rings is 1. The van der Waals surface area contributed by atoms with Crippen molar-refractivity contribution < 1.29 is 8.42 Å². The van der Waals surface area contributed by atoms with Crippen molar-refractivity contribution in [2.24, 2.45) is 0 Å². The van der Waals surface area contributed by atoms with Gasteiger partial charge in [0.2, 0.25) is 0 Å². The van der Waals surface area contributed by atoms with Gasteiger partial charge in [-0.05, 0) is 25.1 Å². The summed E-state index contributed by atoms with van der Waals surface area (Å²) in [7, 11) is -3.32. The monoisotopic (exact) mass is 293 g/mol. The minimum atomic E-state index is -3.32. The molecule has 0 amide bonds. The van der Waals surface area contributed by atoms with Crippen molar-refractivity contribution in [1.82, 2.24) is 10.2 Å². The molecule has 1 N–H and O–H groups in total. The summed E-state index contributed by atoms with van der Waals surface area (Å²) in [5.74, 6) is 0.0919. The Bertz CT molecular complexity index is 607. The second-order valence-corrected chi connectivity index (χ2v) is 7.22. The van der Waals surface area contributed by atoms with Crippen molar-refractivity contribution in [2.75, 3.05) is 31.9 Å². The van der Waals surface area contributed by atoms with E-state index >= 15 is 0 Å². The van der Waals surface area contributed by atoms with Gasteiger partial charge in [-0.25, -0.2) is 8.42 Å². The molecule has 1 aromatic carbocycles. The van der Waals surface area contributed by atoms with E-state index < -0.39 is 9.84 Å². The highest BCUT2D eigenvalue weighted by atomic mass is 32.2. The van der Waals surface area contributed by atoms with E-state index in [2.05, 4.69) is 17.1 Å².